The highest BCUT2D eigenvalue weighted by Gasteiger charge is 2.11. The molecule has 2 aromatic carbocycles. The average molecular weight is 352 g/mol. The third-order valence-corrected chi connectivity index (χ3v) is 4.30. The summed E-state index contributed by atoms with van der Waals surface area (Å²) in [5, 5.41) is 1.03. The van der Waals surface area contributed by atoms with Crippen LogP contribution in [-0.4, -0.2) is 23.1 Å². The summed E-state index contributed by atoms with van der Waals surface area (Å²) in [6, 6.07) is 15.1. The first-order chi connectivity index (χ1) is 10.8. The Bertz CT molecular complexity index is 906. The minimum Gasteiger partial charge on any atom is -0.282 e. The highest BCUT2D eigenvalue weighted by Crippen LogP contribution is 2.23. The van der Waals surface area contributed by atoms with Crippen molar-refractivity contribution in [1.29, 1.82) is 0 Å². The van der Waals surface area contributed by atoms with Crippen LogP contribution in [0.2, 0.25) is 0 Å². The van der Waals surface area contributed by atoms with Gasteiger partial charge in [-0.2, -0.15) is 0 Å². The molecule has 0 saturated carbocycles. The van der Waals surface area contributed by atoms with E-state index in [4.69, 9.17) is 0 Å². The van der Waals surface area contributed by atoms with Gasteiger partial charge in [-0.05, 0) is 23.8 Å². The van der Waals surface area contributed by atoms with Gasteiger partial charge in [0.25, 0.3) is 10.0 Å². The molecule has 0 amide bonds. The van der Waals surface area contributed by atoms with E-state index in [0.29, 0.717) is 0 Å². The Balaban J connectivity index is 2.23. The predicted molar refractivity (Wildman–Crippen MR) is 92.9 cm³/mol. The highest BCUT2D eigenvalue weighted by atomic mass is 32.2. The van der Waals surface area contributed by atoms with E-state index >= 15 is 0 Å². The number of rotatable bonds is 6. The fourth-order valence-electron chi connectivity index (χ4n) is 1.78. The molecule has 0 fully saturated rings. The first-order valence-electron chi connectivity index (χ1n) is 6.58. The third-order valence-electron chi connectivity index (χ3n) is 2.71. The van der Waals surface area contributed by atoms with Crippen LogP contribution in [0.3, 0.4) is 0 Å². The van der Waals surface area contributed by atoms with E-state index in [1.165, 1.54) is 18.2 Å². The topological polar surface area (TPSA) is 92.3 Å². The lowest BCUT2D eigenvalue weighted by molar-refractivity contribution is 0.605. The summed E-state index contributed by atoms with van der Waals surface area (Å²) in [7, 11) is -7.29. The summed E-state index contributed by atoms with van der Waals surface area (Å²) in [6.07, 6.45) is 2.45. The average Bonchev–Trinajstić information content (AvgIpc) is 2.47. The summed E-state index contributed by atoms with van der Waals surface area (Å²) >= 11 is 0. The first kappa shape index (κ1) is 17.0. The van der Waals surface area contributed by atoms with Crippen molar-refractivity contribution in [2.75, 3.05) is 15.7 Å². The first-order valence-corrected chi connectivity index (χ1v) is 10.0. The van der Waals surface area contributed by atoms with Crippen molar-refractivity contribution in [2.24, 2.45) is 0 Å². The minimum atomic E-state index is -3.78. The van der Waals surface area contributed by atoms with Crippen LogP contribution in [0.1, 0.15) is 5.56 Å². The Morgan fingerprint density at radius 2 is 1.30 bits per heavy atom. The molecule has 2 N–H and O–H groups in total. The molecule has 23 heavy (non-hydrogen) atoms. The molecule has 6 nitrogen and oxygen atoms in total. The lowest BCUT2D eigenvalue weighted by atomic mass is 10.2. The summed E-state index contributed by atoms with van der Waals surface area (Å²) < 4.78 is 51.5. The molecule has 0 aliphatic heterocycles. The zero-order valence-corrected chi connectivity index (χ0v) is 13.9. The minimum absolute atomic E-state index is 0.149. The van der Waals surface area contributed by atoms with Crippen LogP contribution in [0.25, 0.3) is 6.08 Å². The van der Waals surface area contributed by atoms with E-state index in [1.807, 2.05) is 6.07 Å². The van der Waals surface area contributed by atoms with Crippen LogP contribution in [0.5, 0.6) is 0 Å². The van der Waals surface area contributed by atoms with Crippen LogP contribution in [0, 0.1) is 0 Å². The van der Waals surface area contributed by atoms with Gasteiger partial charge < -0.3 is 0 Å². The van der Waals surface area contributed by atoms with Crippen molar-refractivity contribution in [1.82, 2.24) is 0 Å². The molecule has 0 unspecified atom stereocenters. The van der Waals surface area contributed by atoms with Crippen LogP contribution in [-0.2, 0) is 20.0 Å². The second kappa shape index (κ2) is 6.84. The SMILES string of the molecule is CS(=O)(=O)Nc1ccccc1NS(=O)(=O)/C=C/c1ccccc1. The molecule has 8 heteroatoms. The molecular formula is C15H16N2O4S2. The van der Waals surface area contributed by atoms with E-state index < -0.39 is 20.0 Å². The molecule has 0 atom stereocenters. The smallest absolute Gasteiger partial charge is 0.255 e. The maximum absolute atomic E-state index is 12.1. The van der Waals surface area contributed by atoms with E-state index in [0.717, 1.165) is 17.2 Å². The molecule has 122 valence electrons. The molecule has 0 heterocycles. The van der Waals surface area contributed by atoms with E-state index in [-0.39, 0.29) is 11.4 Å². The van der Waals surface area contributed by atoms with Crippen molar-refractivity contribution >= 4 is 37.5 Å². The molecule has 0 bridgehead atoms. The van der Waals surface area contributed by atoms with E-state index in [2.05, 4.69) is 9.44 Å². The second-order valence-electron chi connectivity index (χ2n) is 4.78. The zero-order chi connectivity index (χ0) is 16.9. The van der Waals surface area contributed by atoms with Gasteiger partial charge in [0.2, 0.25) is 10.0 Å². The quantitative estimate of drug-likeness (QED) is 0.835. The molecule has 0 saturated heterocycles. The lowest BCUT2D eigenvalue weighted by Gasteiger charge is -2.11. The molecule has 0 spiro atoms. The number of sulfonamides is 2. The van der Waals surface area contributed by atoms with Crippen LogP contribution >= 0.6 is 0 Å². The third kappa shape index (κ3) is 5.76. The van der Waals surface area contributed by atoms with E-state index in [9.17, 15) is 16.8 Å². The lowest BCUT2D eigenvalue weighted by Crippen LogP contribution is -2.14. The monoisotopic (exact) mass is 352 g/mol. The zero-order valence-electron chi connectivity index (χ0n) is 12.3. The summed E-state index contributed by atoms with van der Waals surface area (Å²) in [5.74, 6) is 0. The predicted octanol–water partition coefficient (Wildman–Crippen LogP) is 2.47. The van der Waals surface area contributed by atoms with Gasteiger partial charge in [0.1, 0.15) is 0 Å². The van der Waals surface area contributed by atoms with Gasteiger partial charge in [-0.1, -0.05) is 42.5 Å². The van der Waals surface area contributed by atoms with Crippen molar-refractivity contribution < 1.29 is 16.8 Å². The van der Waals surface area contributed by atoms with E-state index in [1.54, 1.807) is 36.4 Å². The number of hydrogen-bond acceptors (Lipinski definition) is 4. The Hall–Kier alpha value is -2.32. The molecule has 0 aromatic heterocycles. The Kier molecular flexibility index (Phi) is 5.07. The molecular weight excluding hydrogens is 336 g/mol. The second-order valence-corrected chi connectivity index (χ2v) is 8.10. The van der Waals surface area contributed by atoms with Gasteiger partial charge in [0.15, 0.2) is 0 Å². The number of anilines is 2. The molecule has 2 aromatic rings. The van der Waals surface area contributed by atoms with Gasteiger partial charge in [0, 0.05) is 0 Å². The van der Waals surface area contributed by atoms with Gasteiger partial charge in [-0.25, -0.2) is 16.8 Å². The number of hydrogen-bond donors (Lipinski definition) is 2. The number of para-hydroxylation sites is 2. The van der Waals surface area contributed by atoms with Crippen LogP contribution in [0.15, 0.2) is 60.0 Å². The number of benzene rings is 2. The van der Waals surface area contributed by atoms with Crippen molar-refractivity contribution in [3.8, 4) is 0 Å². The standard InChI is InChI=1S/C15H16N2O4S2/c1-22(18,19)16-14-9-5-6-10-15(14)17-23(20,21)12-11-13-7-3-2-4-8-13/h2-12,16-17H,1H3/b12-11+. The largest absolute Gasteiger partial charge is 0.282 e. The van der Waals surface area contributed by atoms with Gasteiger partial charge in [0.05, 0.1) is 23.0 Å². The molecule has 0 radical (unpaired) electrons. The maximum Gasteiger partial charge on any atom is 0.255 e. The van der Waals surface area contributed by atoms with Gasteiger partial charge >= 0.3 is 0 Å². The molecule has 2 rings (SSSR count). The Morgan fingerprint density at radius 3 is 1.87 bits per heavy atom. The fraction of sp³-hybridized carbons (Fsp3) is 0.0667. The van der Waals surface area contributed by atoms with Gasteiger partial charge in [-0.15, -0.1) is 0 Å². The summed E-state index contributed by atoms with van der Waals surface area (Å²) in [5.41, 5.74) is 1.04. The van der Waals surface area contributed by atoms with Gasteiger partial charge in [-0.3, -0.25) is 9.44 Å². The van der Waals surface area contributed by atoms with Crippen LogP contribution < -0.4 is 9.44 Å². The Labute approximate surface area is 136 Å². The molecule has 0 aliphatic carbocycles. The summed E-state index contributed by atoms with van der Waals surface area (Å²) in [4.78, 5) is 0. The fourth-order valence-corrected chi connectivity index (χ4v) is 3.25. The van der Waals surface area contributed by atoms with Crippen molar-refractivity contribution in [2.45, 2.75) is 0 Å². The Morgan fingerprint density at radius 1 is 0.783 bits per heavy atom. The van der Waals surface area contributed by atoms with Crippen LogP contribution in [0.4, 0.5) is 11.4 Å². The van der Waals surface area contributed by atoms with Crippen molar-refractivity contribution in [3.63, 3.8) is 0 Å². The maximum atomic E-state index is 12.1. The summed E-state index contributed by atoms with van der Waals surface area (Å²) in [6.45, 7) is 0. The van der Waals surface area contributed by atoms with Crippen molar-refractivity contribution in [3.05, 3.63) is 65.6 Å². The molecule has 0 aliphatic rings. The highest BCUT2D eigenvalue weighted by molar-refractivity contribution is 7.95. The number of nitrogens with one attached hydrogen (secondary N) is 2. The normalized spacial score (nSPS) is 12.2.